The van der Waals surface area contributed by atoms with E-state index in [1.165, 1.54) is 10.4 Å². The van der Waals surface area contributed by atoms with Crippen LogP contribution in [0, 0.1) is 13.8 Å². The van der Waals surface area contributed by atoms with Crippen LogP contribution in [0.25, 0.3) is 0 Å². The van der Waals surface area contributed by atoms with Gasteiger partial charge in [0.05, 0.1) is 4.90 Å². The highest BCUT2D eigenvalue weighted by Gasteiger charge is 2.14. The molecular formula is C14H18N2O2S2. The molecule has 0 fully saturated rings. The van der Waals surface area contributed by atoms with Crippen molar-refractivity contribution in [3.63, 3.8) is 0 Å². The molecule has 2 aromatic rings. The van der Waals surface area contributed by atoms with Gasteiger partial charge in [-0.25, -0.2) is 13.1 Å². The number of aryl methyl sites for hydroxylation is 2. The average molecular weight is 310 g/mol. The fraction of sp³-hybridized carbons (Fsp3) is 0.286. The van der Waals surface area contributed by atoms with Crippen LogP contribution in [0.5, 0.6) is 0 Å². The van der Waals surface area contributed by atoms with Crippen LogP contribution in [-0.2, 0) is 23.1 Å². The molecule has 0 amide bonds. The lowest BCUT2D eigenvalue weighted by atomic mass is 10.2. The molecule has 0 atom stereocenters. The van der Waals surface area contributed by atoms with Crippen molar-refractivity contribution < 1.29 is 8.42 Å². The minimum absolute atomic E-state index is 0.264. The van der Waals surface area contributed by atoms with E-state index in [0.717, 1.165) is 10.4 Å². The number of rotatable bonds is 5. The Balaban J connectivity index is 2.10. The Hall–Kier alpha value is -1.21. The molecular weight excluding hydrogens is 292 g/mol. The SMILES string of the molecule is Cc1cc(CNS(=O)(=O)c2ccc(CN)cc2)sc1C. The predicted molar refractivity (Wildman–Crippen MR) is 82.2 cm³/mol. The summed E-state index contributed by atoms with van der Waals surface area (Å²) in [5, 5.41) is 0. The lowest BCUT2D eigenvalue weighted by Crippen LogP contribution is -2.22. The summed E-state index contributed by atoms with van der Waals surface area (Å²) >= 11 is 1.61. The second-order valence-corrected chi connectivity index (χ2v) is 7.73. The van der Waals surface area contributed by atoms with E-state index in [2.05, 4.69) is 4.72 Å². The molecule has 2 rings (SSSR count). The smallest absolute Gasteiger partial charge is 0.240 e. The van der Waals surface area contributed by atoms with Crippen LogP contribution in [0.15, 0.2) is 35.2 Å². The van der Waals surface area contributed by atoms with Gasteiger partial charge >= 0.3 is 0 Å². The standard InChI is InChI=1S/C14H18N2O2S2/c1-10-7-13(19-11(10)2)9-16-20(17,18)14-5-3-12(8-15)4-6-14/h3-7,16H,8-9,15H2,1-2H3. The first-order valence-corrected chi connectivity index (χ1v) is 8.57. The van der Waals surface area contributed by atoms with Crippen molar-refractivity contribution in [2.24, 2.45) is 5.73 Å². The highest BCUT2D eigenvalue weighted by molar-refractivity contribution is 7.89. The van der Waals surface area contributed by atoms with Crippen LogP contribution in [-0.4, -0.2) is 8.42 Å². The van der Waals surface area contributed by atoms with Gasteiger partial charge in [-0.2, -0.15) is 0 Å². The third-order valence-corrected chi connectivity index (χ3v) is 5.69. The van der Waals surface area contributed by atoms with Crippen molar-refractivity contribution >= 4 is 21.4 Å². The third kappa shape index (κ3) is 3.46. The molecule has 20 heavy (non-hydrogen) atoms. The second-order valence-electron chi connectivity index (χ2n) is 4.62. The molecule has 0 saturated carbocycles. The van der Waals surface area contributed by atoms with Gasteiger partial charge in [-0.3, -0.25) is 0 Å². The number of nitrogens with two attached hydrogens (primary N) is 1. The van der Waals surface area contributed by atoms with E-state index in [-0.39, 0.29) is 4.90 Å². The third-order valence-electron chi connectivity index (χ3n) is 3.12. The Labute approximate surface area is 123 Å². The number of hydrogen-bond donors (Lipinski definition) is 2. The topological polar surface area (TPSA) is 72.2 Å². The molecule has 0 aliphatic carbocycles. The summed E-state index contributed by atoms with van der Waals surface area (Å²) in [6, 6.07) is 8.63. The predicted octanol–water partition coefficient (Wildman–Crippen LogP) is 2.30. The number of hydrogen-bond acceptors (Lipinski definition) is 4. The second kappa shape index (κ2) is 6.05. The number of thiophene rings is 1. The zero-order valence-electron chi connectivity index (χ0n) is 11.5. The van der Waals surface area contributed by atoms with Gasteiger partial charge < -0.3 is 5.73 Å². The normalized spacial score (nSPS) is 11.8. The van der Waals surface area contributed by atoms with Crippen molar-refractivity contribution in [3.8, 4) is 0 Å². The molecule has 0 aliphatic heterocycles. The highest BCUT2D eigenvalue weighted by Crippen LogP contribution is 2.21. The molecule has 0 aliphatic rings. The first-order chi connectivity index (χ1) is 9.42. The lowest BCUT2D eigenvalue weighted by molar-refractivity contribution is 0.582. The summed E-state index contributed by atoms with van der Waals surface area (Å²) in [6.45, 7) is 4.78. The van der Waals surface area contributed by atoms with Gasteiger partial charge in [0.15, 0.2) is 0 Å². The molecule has 0 radical (unpaired) electrons. The van der Waals surface area contributed by atoms with E-state index >= 15 is 0 Å². The van der Waals surface area contributed by atoms with Crippen LogP contribution in [0.2, 0.25) is 0 Å². The Morgan fingerprint density at radius 3 is 2.35 bits per heavy atom. The van der Waals surface area contributed by atoms with Crippen molar-refractivity contribution in [3.05, 3.63) is 51.2 Å². The van der Waals surface area contributed by atoms with Crippen LogP contribution < -0.4 is 10.5 Å². The van der Waals surface area contributed by atoms with E-state index in [1.807, 2.05) is 19.9 Å². The molecule has 0 spiro atoms. The van der Waals surface area contributed by atoms with Gasteiger partial charge in [0.1, 0.15) is 0 Å². The maximum atomic E-state index is 12.2. The monoisotopic (exact) mass is 310 g/mol. The molecule has 4 nitrogen and oxygen atoms in total. The Morgan fingerprint density at radius 1 is 1.20 bits per heavy atom. The van der Waals surface area contributed by atoms with Crippen LogP contribution in [0.3, 0.4) is 0 Å². The largest absolute Gasteiger partial charge is 0.326 e. The zero-order chi connectivity index (χ0) is 14.8. The zero-order valence-corrected chi connectivity index (χ0v) is 13.1. The summed E-state index contributed by atoms with van der Waals surface area (Å²) in [5.74, 6) is 0. The number of benzene rings is 1. The first kappa shape index (κ1) is 15.2. The molecule has 1 aromatic carbocycles. The molecule has 108 valence electrons. The molecule has 1 heterocycles. The summed E-state index contributed by atoms with van der Waals surface area (Å²) in [4.78, 5) is 2.49. The van der Waals surface area contributed by atoms with Crippen LogP contribution in [0.1, 0.15) is 20.9 Å². The lowest BCUT2D eigenvalue weighted by Gasteiger charge is -2.06. The van der Waals surface area contributed by atoms with E-state index in [1.54, 1.807) is 35.6 Å². The fourth-order valence-corrected chi connectivity index (χ4v) is 3.88. The summed E-state index contributed by atoms with van der Waals surface area (Å²) in [7, 11) is -3.47. The molecule has 0 saturated heterocycles. The maximum absolute atomic E-state index is 12.2. The minimum atomic E-state index is -3.47. The van der Waals surface area contributed by atoms with E-state index in [0.29, 0.717) is 13.1 Å². The van der Waals surface area contributed by atoms with Crippen molar-refractivity contribution in [1.29, 1.82) is 0 Å². The summed E-state index contributed by atoms with van der Waals surface area (Å²) in [6.07, 6.45) is 0. The quantitative estimate of drug-likeness (QED) is 0.890. The molecule has 0 bridgehead atoms. The van der Waals surface area contributed by atoms with E-state index in [9.17, 15) is 8.42 Å². The van der Waals surface area contributed by atoms with Crippen LogP contribution in [0.4, 0.5) is 0 Å². The summed E-state index contributed by atoms with van der Waals surface area (Å²) in [5.41, 5.74) is 7.60. The fourth-order valence-electron chi connectivity index (χ4n) is 1.79. The number of sulfonamides is 1. The van der Waals surface area contributed by atoms with Gasteiger partial charge in [0.2, 0.25) is 10.0 Å². The average Bonchev–Trinajstić information content (AvgIpc) is 2.76. The molecule has 6 heteroatoms. The Bertz CT molecular complexity index is 669. The van der Waals surface area contributed by atoms with E-state index in [4.69, 9.17) is 5.73 Å². The molecule has 0 unspecified atom stereocenters. The van der Waals surface area contributed by atoms with Crippen molar-refractivity contribution in [1.82, 2.24) is 4.72 Å². The molecule has 3 N–H and O–H groups in total. The summed E-state index contributed by atoms with van der Waals surface area (Å²) < 4.78 is 26.9. The minimum Gasteiger partial charge on any atom is -0.326 e. The van der Waals surface area contributed by atoms with Crippen molar-refractivity contribution in [2.75, 3.05) is 0 Å². The van der Waals surface area contributed by atoms with Crippen molar-refractivity contribution in [2.45, 2.75) is 31.8 Å². The first-order valence-electron chi connectivity index (χ1n) is 6.27. The van der Waals surface area contributed by atoms with Gasteiger partial charge in [-0.05, 0) is 43.2 Å². The highest BCUT2D eigenvalue weighted by atomic mass is 32.2. The molecule has 1 aromatic heterocycles. The Kier molecular flexibility index (Phi) is 4.59. The van der Waals surface area contributed by atoms with Gasteiger partial charge in [-0.15, -0.1) is 11.3 Å². The van der Waals surface area contributed by atoms with Gasteiger partial charge in [0.25, 0.3) is 0 Å². The van der Waals surface area contributed by atoms with E-state index < -0.39 is 10.0 Å². The van der Waals surface area contributed by atoms with Gasteiger partial charge in [-0.1, -0.05) is 12.1 Å². The van der Waals surface area contributed by atoms with Gasteiger partial charge in [0, 0.05) is 22.8 Å². The maximum Gasteiger partial charge on any atom is 0.240 e. The Morgan fingerprint density at radius 2 is 1.85 bits per heavy atom. The van der Waals surface area contributed by atoms with Crippen LogP contribution >= 0.6 is 11.3 Å². The number of nitrogens with one attached hydrogen (secondary N) is 1.